The molecule has 0 fully saturated rings. The van der Waals surface area contributed by atoms with Crippen LogP contribution in [0.2, 0.25) is 5.02 Å². The van der Waals surface area contributed by atoms with Gasteiger partial charge < -0.3 is 20.4 Å². The molecule has 2 aromatic carbocycles. The summed E-state index contributed by atoms with van der Waals surface area (Å²) in [7, 11) is 1.71. The molecule has 1 aromatic heterocycles. The fourth-order valence-corrected chi connectivity index (χ4v) is 2.96. The maximum absolute atomic E-state index is 12.4. The van der Waals surface area contributed by atoms with Crippen molar-refractivity contribution in [3.05, 3.63) is 94.4 Å². The van der Waals surface area contributed by atoms with Crippen LogP contribution in [0.15, 0.2) is 76.3 Å². The number of aliphatic imine (C=N–C) groups is 1. The third-order valence-corrected chi connectivity index (χ3v) is 4.46. The molecule has 158 valence electrons. The highest BCUT2D eigenvalue weighted by Gasteiger charge is 2.07. The lowest BCUT2D eigenvalue weighted by molar-refractivity contribution is 0.0948. The van der Waals surface area contributed by atoms with Crippen LogP contribution in [-0.2, 0) is 19.6 Å². The first-order valence-corrected chi connectivity index (χ1v) is 9.60. The monoisotopic (exact) mass is 538 g/mol. The molecule has 0 saturated heterocycles. The van der Waals surface area contributed by atoms with Crippen molar-refractivity contribution in [3.8, 4) is 0 Å². The predicted octanol–water partition coefficient (Wildman–Crippen LogP) is 4.35. The lowest BCUT2D eigenvalue weighted by atomic mass is 10.1. The second-order valence-electron chi connectivity index (χ2n) is 6.37. The molecule has 0 aliphatic carbocycles. The van der Waals surface area contributed by atoms with E-state index in [2.05, 4.69) is 20.9 Å². The third kappa shape index (κ3) is 7.38. The Bertz CT molecular complexity index is 977. The Morgan fingerprint density at radius 3 is 2.27 bits per heavy atom. The number of carbonyl (C=O) groups is 1. The van der Waals surface area contributed by atoms with E-state index in [1.807, 2.05) is 48.5 Å². The van der Waals surface area contributed by atoms with Gasteiger partial charge in [0, 0.05) is 30.7 Å². The Hall–Kier alpha value is -2.52. The molecule has 1 heterocycles. The Labute approximate surface area is 198 Å². The topological polar surface area (TPSA) is 78.7 Å². The summed E-state index contributed by atoms with van der Waals surface area (Å²) < 4.78 is 5.23. The third-order valence-electron chi connectivity index (χ3n) is 4.22. The van der Waals surface area contributed by atoms with Crippen molar-refractivity contribution in [1.29, 1.82) is 0 Å². The second-order valence-corrected chi connectivity index (χ2v) is 6.81. The van der Waals surface area contributed by atoms with Crippen LogP contribution in [0.25, 0.3) is 0 Å². The van der Waals surface area contributed by atoms with Crippen LogP contribution in [0.5, 0.6) is 0 Å². The minimum atomic E-state index is -0.147. The molecular weight excluding hydrogens is 515 g/mol. The Balaban J connectivity index is 0.00000320. The molecule has 0 spiro atoms. The number of amides is 1. The van der Waals surface area contributed by atoms with Gasteiger partial charge in [0.2, 0.25) is 0 Å². The Morgan fingerprint density at radius 2 is 1.63 bits per heavy atom. The van der Waals surface area contributed by atoms with E-state index in [9.17, 15) is 4.79 Å². The van der Waals surface area contributed by atoms with Gasteiger partial charge >= 0.3 is 0 Å². The van der Waals surface area contributed by atoms with E-state index in [1.54, 1.807) is 25.4 Å². The summed E-state index contributed by atoms with van der Waals surface area (Å²) in [6.45, 7) is 1.50. The number of benzene rings is 2. The SMILES string of the molecule is CN=C(NCc1cccc(Cl)c1)NCc1cccc(C(=O)NCc2ccco2)c1.I. The van der Waals surface area contributed by atoms with E-state index in [1.165, 1.54) is 0 Å². The summed E-state index contributed by atoms with van der Waals surface area (Å²) >= 11 is 6.02. The highest BCUT2D eigenvalue weighted by Crippen LogP contribution is 2.10. The van der Waals surface area contributed by atoms with Gasteiger partial charge in [-0.15, -0.1) is 24.0 Å². The molecule has 30 heavy (non-hydrogen) atoms. The first-order chi connectivity index (χ1) is 14.1. The number of rotatable bonds is 7. The molecule has 3 N–H and O–H groups in total. The van der Waals surface area contributed by atoms with Gasteiger partial charge in [0.1, 0.15) is 5.76 Å². The number of nitrogens with one attached hydrogen (secondary N) is 3. The molecule has 6 nitrogen and oxygen atoms in total. The van der Waals surface area contributed by atoms with Crippen molar-refractivity contribution < 1.29 is 9.21 Å². The van der Waals surface area contributed by atoms with Crippen LogP contribution in [0, 0.1) is 0 Å². The van der Waals surface area contributed by atoms with Crippen LogP contribution in [0.4, 0.5) is 0 Å². The molecule has 0 saturated carbocycles. The second kappa shape index (κ2) is 12.2. The minimum Gasteiger partial charge on any atom is -0.467 e. The molecule has 1 amide bonds. The summed E-state index contributed by atoms with van der Waals surface area (Å²) in [5.41, 5.74) is 2.63. The van der Waals surface area contributed by atoms with Crippen molar-refractivity contribution in [3.63, 3.8) is 0 Å². The van der Waals surface area contributed by atoms with Gasteiger partial charge in [0.25, 0.3) is 5.91 Å². The van der Waals surface area contributed by atoms with E-state index in [4.69, 9.17) is 16.0 Å². The lowest BCUT2D eigenvalue weighted by Gasteiger charge is -2.13. The maximum Gasteiger partial charge on any atom is 0.251 e. The zero-order valence-electron chi connectivity index (χ0n) is 16.5. The summed E-state index contributed by atoms with van der Waals surface area (Å²) in [6, 6.07) is 18.7. The van der Waals surface area contributed by atoms with Crippen LogP contribution >= 0.6 is 35.6 Å². The van der Waals surface area contributed by atoms with Gasteiger partial charge in [-0.3, -0.25) is 9.79 Å². The zero-order chi connectivity index (χ0) is 20.5. The van der Waals surface area contributed by atoms with Crippen molar-refractivity contribution in [2.24, 2.45) is 4.99 Å². The highest BCUT2D eigenvalue weighted by molar-refractivity contribution is 14.0. The van der Waals surface area contributed by atoms with Crippen molar-refractivity contribution in [2.75, 3.05) is 7.05 Å². The predicted molar refractivity (Wildman–Crippen MR) is 130 cm³/mol. The number of halogens is 2. The molecule has 0 aliphatic rings. The van der Waals surface area contributed by atoms with Crippen LogP contribution in [-0.4, -0.2) is 18.9 Å². The minimum absolute atomic E-state index is 0. The van der Waals surface area contributed by atoms with E-state index in [0.29, 0.717) is 41.9 Å². The fraction of sp³-hybridized carbons (Fsp3) is 0.182. The standard InChI is InChI=1S/C22H23ClN4O2.HI/c1-24-22(27-14-17-6-3-8-19(23)12-17)26-13-16-5-2-7-18(11-16)21(28)25-15-20-9-4-10-29-20;/h2-12H,13-15H2,1H3,(H,25,28)(H2,24,26,27);1H. The first-order valence-electron chi connectivity index (χ1n) is 9.22. The van der Waals surface area contributed by atoms with Gasteiger partial charge in [0.05, 0.1) is 12.8 Å². The van der Waals surface area contributed by atoms with Gasteiger partial charge in [-0.2, -0.15) is 0 Å². The van der Waals surface area contributed by atoms with E-state index < -0.39 is 0 Å². The van der Waals surface area contributed by atoms with Crippen molar-refractivity contribution >= 4 is 47.4 Å². The molecule has 0 aliphatic heterocycles. The van der Waals surface area contributed by atoms with Crippen LogP contribution in [0.1, 0.15) is 27.2 Å². The van der Waals surface area contributed by atoms with E-state index in [-0.39, 0.29) is 29.9 Å². The summed E-state index contributed by atoms with van der Waals surface area (Å²) in [5, 5.41) is 10.0. The Kier molecular flexibility index (Phi) is 9.69. The summed E-state index contributed by atoms with van der Waals surface area (Å²) in [5.74, 6) is 1.23. The summed E-state index contributed by atoms with van der Waals surface area (Å²) in [6.07, 6.45) is 1.58. The average Bonchev–Trinajstić information content (AvgIpc) is 3.26. The quantitative estimate of drug-likeness (QED) is 0.238. The fourth-order valence-electron chi connectivity index (χ4n) is 2.74. The summed E-state index contributed by atoms with van der Waals surface area (Å²) in [4.78, 5) is 16.6. The van der Waals surface area contributed by atoms with Gasteiger partial charge in [-0.1, -0.05) is 35.9 Å². The van der Waals surface area contributed by atoms with Crippen LogP contribution in [0.3, 0.4) is 0 Å². The smallest absolute Gasteiger partial charge is 0.251 e. The largest absolute Gasteiger partial charge is 0.467 e. The molecule has 3 rings (SSSR count). The van der Waals surface area contributed by atoms with E-state index >= 15 is 0 Å². The van der Waals surface area contributed by atoms with Gasteiger partial charge in [-0.05, 0) is 47.5 Å². The number of carbonyl (C=O) groups excluding carboxylic acids is 1. The Morgan fingerprint density at radius 1 is 0.933 bits per heavy atom. The number of hydrogen-bond donors (Lipinski definition) is 3. The normalized spacial score (nSPS) is 10.8. The first kappa shape index (κ1) is 23.8. The van der Waals surface area contributed by atoms with Crippen LogP contribution < -0.4 is 16.0 Å². The molecule has 0 atom stereocenters. The number of hydrogen-bond acceptors (Lipinski definition) is 3. The number of furan rings is 1. The molecule has 0 unspecified atom stereocenters. The molecule has 8 heteroatoms. The molecule has 0 radical (unpaired) electrons. The molecule has 3 aromatic rings. The van der Waals surface area contributed by atoms with E-state index in [0.717, 1.165) is 11.1 Å². The van der Waals surface area contributed by atoms with Crippen molar-refractivity contribution in [2.45, 2.75) is 19.6 Å². The average molecular weight is 539 g/mol. The maximum atomic E-state index is 12.4. The number of guanidine groups is 1. The highest BCUT2D eigenvalue weighted by atomic mass is 127. The molecule has 0 bridgehead atoms. The molecular formula is C22H24ClIN4O2. The van der Waals surface area contributed by atoms with Gasteiger partial charge in [-0.25, -0.2) is 0 Å². The van der Waals surface area contributed by atoms with Crippen molar-refractivity contribution in [1.82, 2.24) is 16.0 Å². The van der Waals surface area contributed by atoms with Gasteiger partial charge in [0.15, 0.2) is 5.96 Å². The number of nitrogens with zero attached hydrogens (tertiary/aromatic N) is 1. The lowest BCUT2D eigenvalue weighted by Crippen LogP contribution is -2.36. The zero-order valence-corrected chi connectivity index (χ0v) is 19.6.